The Balaban J connectivity index is 1.47. The zero-order valence-corrected chi connectivity index (χ0v) is 23.5. The maximum Gasteiger partial charge on any atom is 0.337 e. The minimum Gasteiger partial charge on any atom is -0.490 e. The van der Waals surface area contributed by atoms with Crippen LogP contribution in [0.2, 0.25) is 0 Å². The number of nitrogens with zero attached hydrogens (tertiary/aromatic N) is 1. The number of benzene rings is 3. The fraction of sp³-hybridized carbons (Fsp3) is 0.258. The highest BCUT2D eigenvalue weighted by Crippen LogP contribution is 2.35. The van der Waals surface area contributed by atoms with E-state index in [1.165, 1.54) is 7.11 Å². The summed E-state index contributed by atoms with van der Waals surface area (Å²) in [6.45, 7) is 3.71. The van der Waals surface area contributed by atoms with Crippen LogP contribution in [0.1, 0.15) is 31.0 Å². The fourth-order valence-corrected chi connectivity index (χ4v) is 4.46. The highest BCUT2D eigenvalue weighted by Gasteiger charge is 2.32. The second-order valence-electron chi connectivity index (χ2n) is 9.11. The smallest absolute Gasteiger partial charge is 0.337 e. The molecule has 0 spiro atoms. The van der Waals surface area contributed by atoms with Gasteiger partial charge >= 0.3 is 12.0 Å². The van der Waals surface area contributed by atoms with E-state index in [0.717, 1.165) is 10.8 Å². The minimum absolute atomic E-state index is 0.105. The Morgan fingerprint density at radius 1 is 1.14 bits per heavy atom. The third-order valence-corrected chi connectivity index (χ3v) is 6.33. The average molecular weight is 573 g/mol. The fourth-order valence-electron chi connectivity index (χ4n) is 4.46. The number of allylic oxidation sites excluding steroid dienone is 1. The average Bonchev–Trinajstić information content (AvgIpc) is 2.99. The molecule has 42 heavy (non-hydrogen) atoms. The summed E-state index contributed by atoms with van der Waals surface area (Å²) >= 11 is 0. The molecule has 4 N–H and O–H groups in total. The SMILES string of the molecule is C#CCOc1ccc2ccccc2c1/C=N/N[C@H](O)COc1ccc([C@H]2NC(=O)NC(C)=C2C(=O)OC)cc1OCC. The van der Waals surface area contributed by atoms with Gasteiger partial charge in [0.2, 0.25) is 0 Å². The molecule has 2 atom stereocenters. The summed E-state index contributed by atoms with van der Waals surface area (Å²) in [6.07, 6.45) is 5.74. The molecule has 2 amide bonds. The van der Waals surface area contributed by atoms with Crippen molar-refractivity contribution in [1.29, 1.82) is 0 Å². The van der Waals surface area contributed by atoms with Crippen LogP contribution in [0.4, 0.5) is 4.79 Å². The summed E-state index contributed by atoms with van der Waals surface area (Å²) in [5.41, 5.74) is 4.60. The lowest BCUT2D eigenvalue weighted by molar-refractivity contribution is -0.136. The number of fused-ring (bicyclic) bond motifs is 1. The summed E-state index contributed by atoms with van der Waals surface area (Å²) < 4.78 is 22.2. The predicted molar refractivity (Wildman–Crippen MR) is 157 cm³/mol. The van der Waals surface area contributed by atoms with Crippen molar-refractivity contribution in [2.24, 2.45) is 5.10 Å². The van der Waals surface area contributed by atoms with Gasteiger partial charge in [0.05, 0.1) is 31.5 Å². The number of hydrogen-bond donors (Lipinski definition) is 4. The second kappa shape index (κ2) is 13.9. The third kappa shape index (κ3) is 6.92. The number of ether oxygens (including phenoxy) is 4. The monoisotopic (exact) mass is 572 g/mol. The number of nitrogens with one attached hydrogen (secondary N) is 3. The van der Waals surface area contributed by atoms with Gasteiger partial charge in [-0.1, -0.05) is 42.3 Å². The van der Waals surface area contributed by atoms with Crippen LogP contribution >= 0.6 is 0 Å². The van der Waals surface area contributed by atoms with Crippen LogP contribution in [0.15, 0.2) is 71.0 Å². The molecule has 0 unspecified atom stereocenters. The van der Waals surface area contributed by atoms with E-state index in [1.54, 1.807) is 31.3 Å². The van der Waals surface area contributed by atoms with E-state index in [2.05, 4.69) is 27.1 Å². The van der Waals surface area contributed by atoms with Crippen molar-refractivity contribution in [3.05, 3.63) is 77.0 Å². The molecule has 4 rings (SSSR count). The maximum absolute atomic E-state index is 12.4. The van der Waals surface area contributed by atoms with Gasteiger partial charge in [-0.2, -0.15) is 5.10 Å². The molecular formula is C31H32N4O7. The van der Waals surface area contributed by atoms with E-state index in [1.807, 2.05) is 43.3 Å². The zero-order chi connectivity index (χ0) is 30.1. The first-order valence-corrected chi connectivity index (χ1v) is 13.2. The standard InChI is InChI=1S/C31H32N4O7/c1-5-15-41-24-13-11-20-9-7-8-10-22(20)23(24)17-32-35-27(36)18-42-25-14-12-21(16-26(25)40-6-2)29-28(30(37)39-4)19(3)33-31(38)34-29/h1,7-14,16-17,27,29,35-36H,6,15,18H2,2-4H3,(H2,33,34,38)/b32-17+/t27-,29-/m1/s1. The Morgan fingerprint density at radius 2 is 1.93 bits per heavy atom. The Bertz CT molecular complexity index is 1560. The van der Waals surface area contributed by atoms with Gasteiger partial charge in [0.1, 0.15) is 19.0 Å². The van der Waals surface area contributed by atoms with Gasteiger partial charge in [0, 0.05) is 11.3 Å². The quantitative estimate of drug-likeness (QED) is 0.0852. The third-order valence-electron chi connectivity index (χ3n) is 6.33. The lowest BCUT2D eigenvalue weighted by atomic mass is 9.95. The molecule has 1 aliphatic heterocycles. The van der Waals surface area contributed by atoms with Crippen molar-refractivity contribution in [1.82, 2.24) is 16.1 Å². The van der Waals surface area contributed by atoms with E-state index in [4.69, 9.17) is 25.4 Å². The normalized spacial score (nSPS) is 15.4. The molecule has 11 heteroatoms. The summed E-state index contributed by atoms with van der Waals surface area (Å²) in [7, 11) is 1.27. The van der Waals surface area contributed by atoms with Crippen molar-refractivity contribution < 1.29 is 33.6 Å². The molecule has 0 fully saturated rings. The number of rotatable bonds is 12. The van der Waals surface area contributed by atoms with Crippen LogP contribution in [0.3, 0.4) is 0 Å². The van der Waals surface area contributed by atoms with E-state index < -0.39 is 24.3 Å². The molecule has 1 heterocycles. The van der Waals surface area contributed by atoms with Crippen LogP contribution in [-0.2, 0) is 9.53 Å². The van der Waals surface area contributed by atoms with Crippen LogP contribution < -0.4 is 30.3 Å². The van der Waals surface area contributed by atoms with E-state index >= 15 is 0 Å². The summed E-state index contributed by atoms with van der Waals surface area (Å²) in [5, 5.41) is 21.9. The molecule has 3 aromatic rings. The molecular weight excluding hydrogens is 540 g/mol. The van der Waals surface area contributed by atoms with E-state index in [9.17, 15) is 14.7 Å². The molecule has 0 saturated carbocycles. The number of hydrogen-bond acceptors (Lipinski definition) is 9. The Labute approximate surface area is 243 Å². The minimum atomic E-state index is -1.17. The molecule has 0 aromatic heterocycles. The van der Waals surface area contributed by atoms with Crippen LogP contribution in [-0.4, -0.2) is 56.5 Å². The molecule has 0 bridgehead atoms. The number of esters is 1. The second-order valence-corrected chi connectivity index (χ2v) is 9.11. The first-order chi connectivity index (χ1) is 20.4. The van der Waals surface area contributed by atoms with Gasteiger partial charge < -0.3 is 34.7 Å². The first kappa shape index (κ1) is 29.8. The Hall–Kier alpha value is -5.21. The van der Waals surface area contributed by atoms with Crippen molar-refractivity contribution in [3.63, 3.8) is 0 Å². The maximum atomic E-state index is 12.4. The van der Waals surface area contributed by atoms with Crippen LogP contribution in [0.25, 0.3) is 10.8 Å². The summed E-state index contributed by atoms with van der Waals surface area (Å²) in [4.78, 5) is 24.6. The van der Waals surface area contributed by atoms with Crippen molar-refractivity contribution in [3.8, 4) is 29.6 Å². The number of hydrazone groups is 1. The van der Waals surface area contributed by atoms with Crippen LogP contribution in [0.5, 0.6) is 17.2 Å². The van der Waals surface area contributed by atoms with Gasteiger partial charge in [-0.05, 0) is 48.4 Å². The lowest BCUT2D eigenvalue weighted by Crippen LogP contribution is -2.45. The van der Waals surface area contributed by atoms with Crippen molar-refractivity contribution >= 4 is 29.0 Å². The molecule has 11 nitrogen and oxygen atoms in total. The van der Waals surface area contributed by atoms with Crippen molar-refractivity contribution in [2.45, 2.75) is 26.1 Å². The number of urea groups is 1. The number of methoxy groups -OCH3 is 1. The Kier molecular flexibility index (Phi) is 9.86. The molecule has 0 saturated heterocycles. The number of carbonyl (C=O) groups is 2. The number of carbonyl (C=O) groups excluding carboxylic acids is 2. The largest absolute Gasteiger partial charge is 0.490 e. The van der Waals surface area contributed by atoms with Gasteiger partial charge in [0.25, 0.3) is 0 Å². The lowest BCUT2D eigenvalue weighted by Gasteiger charge is -2.28. The predicted octanol–water partition coefficient (Wildman–Crippen LogP) is 3.37. The molecule has 0 radical (unpaired) electrons. The number of terminal acetylenes is 1. The number of aliphatic hydroxyl groups excluding tert-OH is 1. The zero-order valence-electron chi connectivity index (χ0n) is 23.5. The van der Waals surface area contributed by atoms with Gasteiger partial charge in [-0.3, -0.25) is 5.43 Å². The van der Waals surface area contributed by atoms with Gasteiger partial charge in [-0.25, -0.2) is 9.59 Å². The Morgan fingerprint density at radius 3 is 2.69 bits per heavy atom. The number of aliphatic hydroxyl groups is 1. The summed E-state index contributed by atoms with van der Waals surface area (Å²) in [5.74, 6) is 3.16. The topological polar surface area (TPSA) is 140 Å². The molecule has 0 aliphatic carbocycles. The highest BCUT2D eigenvalue weighted by molar-refractivity contribution is 6.02. The highest BCUT2D eigenvalue weighted by atomic mass is 16.5. The van der Waals surface area contributed by atoms with Gasteiger partial charge in [0.15, 0.2) is 17.7 Å². The summed E-state index contributed by atoms with van der Waals surface area (Å²) in [6, 6.07) is 15.3. The van der Waals surface area contributed by atoms with E-state index in [0.29, 0.717) is 40.7 Å². The molecule has 218 valence electrons. The molecule has 3 aromatic carbocycles. The van der Waals surface area contributed by atoms with Crippen molar-refractivity contribution in [2.75, 3.05) is 26.9 Å². The first-order valence-electron chi connectivity index (χ1n) is 13.2. The number of amides is 2. The van der Waals surface area contributed by atoms with Crippen LogP contribution in [0, 0.1) is 12.3 Å². The molecule has 1 aliphatic rings. The van der Waals surface area contributed by atoms with Gasteiger partial charge in [-0.15, -0.1) is 6.42 Å². The van der Waals surface area contributed by atoms with E-state index in [-0.39, 0.29) is 18.8 Å².